The molecule has 0 atom stereocenters. The van der Waals surface area contributed by atoms with Crippen LogP contribution in [0.25, 0.3) is 0 Å². The van der Waals surface area contributed by atoms with Gasteiger partial charge < -0.3 is 11.5 Å². The van der Waals surface area contributed by atoms with Gasteiger partial charge in [0.25, 0.3) is 0 Å². The van der Waals surface area contributed by atoms with Crippen LogP contribution < -0.4 is 11.5 Å². The molecule has 0 rings (SSSR count). The minimum absolute atomic E-state index is 0. The van der Waals surface area contributed by atoms with Crippen LogP contribution in [0.5, 0.6) is 0 Å². The Labute approximate surface area is 41.5 Å². The zero-order chi connectivity index (χ0) is 4.83. The molecule has 0 radical (unpaired) electrons. The Hall–Kier alpha value is -0.0800. The monoisotopic (exact) mass is 92.1 g/mol. The van der Waals surface area contributed by atoms with Crippen molar-refractivity contribution in [2.45, 2.75) is 12.8 Å². The molecule has 6 heavy (non-hydrogen) atoms. The molecule has 0 fully saturated rings. The van der Waals surface area contributed by atoms with Crippen molar-refractivity contribution in [3.05, 3.63) is 0 Å². The first-order valence-electron chi connectivity index (χ1n) is 2.32. The highest BCUT2D eigenvalue weighted by Crippen LogP contribution is 1.77. The molecule has 0 spiro atoms. The molecular weight excluding hydrogens is 76.1 g/mol. The van der Waals surface area contributed by atoms with Gasteiger partial charge in [-0.15, -0.1) is 0 Å². The Bertz CT molecular complexity index is 24.0. The van der Waals surface area contributed by atoms with Gasteiger partial charge in [0.05, 0.1) is 0 Å². The van der Waals surface area contributed by atoms with Crippen molar-refractivity contribution in [2.24, 2.45) is 11.5 Å². The first kappa shape index (κ1) is 5.92. The van der Waals surface area contributed by atoms with Gasteiger partial charge in [-0.25, -0.2) is 0 Å². The van der Waals surface area contributed by atoms with E-state index in [9.17, 15) is 0 Å². The van der Waals surface area contributed by atoms with E-state index in [0.717, 1.165) is 25.9 Å². The van der Waals surface area contributed by atoms with Crippen molar-refractivity contribution in [3.8, 4) is 0 Å². The van der Waals surface area contributed by atoms with Gasteiger partial charge >= 0.3 is 0 Å². The standard InChI is InChI=1S/C4H12N2.2H2/c5-3-1-2-4-6;;/h1-6H2;2*1H. The molecule has 0 saturated heterocycles. The largest absolute Gasteiger partial charge is 0.330 e. The van der Waals surface area contributed by atoms with E-state index >= 15 is 0 Å². The number of hydrogen-bond acceptors (Lipinski definition) is 2. The highest BCUT2D eigenvalue weighted by Gasteiger charge is 1.75. The van der Waals surface area contributed by atoms with E-state index < -0.39 is 0 Å². The summed E-state index contributed by atoms with van der Waals surface area (Å²) < 4.78 is 0. The lowest BCUT2D eigenvalue weighted by Crippen LogP contribution is -2.03. The lowest BCUT2D eigenvalue weighted by Gasteiger charge is -1.87. The summed E-state index contributed by atoms with van der Waals surface area (Å²) in [6.45, 7) is 1.55. The van der Waals surface area contributed by atoms with Gasteiger partial charge in [0.1, 0.15) is 0 Å². The fraction of sp³-hybridized carbons (Fsp3) is 1.00. The molecular formula is C4H16N2. The fourth-order valence-corrected chi connectivity index (χ4v) is 0.289. The molecule has 2 heteroatoms. The third-order valence-electron chi connectivity index (χ3n) is 0.658. The first-order valence-corrected chi connectivity index (χ1v) is 2.32. The fourth-order valence-electron chi connectivity index (χ4n) is 0.289. The Balaban J connectivity index is -0.000000125. The summed E-state index contributed by atoms with van der Waals surface area (Å²) in [6, 6.07) is 0. The molecule has 0 unspecified atom stereocenters. The van der Waals surface area contributed by atoms with E-state index in [1.165, 1.54) is 0 Å². The first-order chi connectivity index (χ1) is 2.91. The molecule has 0 aromatic carbocycles. The van der Waals surface area contributed by atoms with E-state index in [1.54, 1.807) is 0 Å². The van der Waals surface area contributed by atoms with Crippen LogP contribution in [-0.2, 0) is 0 Å². The molecule has 0 heterocycles. The molecule has 0 saturated carbocycles. The van der Waals surface area contributed by atoms with Crippen LogP contribution in [0.4, 0.5) is 0 Å². The van der Waals surface area contributed by atoms with Gasteiger partial charge in [-0.3, -0.25) is 0 Å². The van der Waals surface area contributed by atoms with Gasteiger partial charge in [0.15, 0.2) is 0 Å². The Morgan fingerprint density at radius 3 is 1.50 bits per heavy atom. The second-order valence-corrected chi connectivity index (χ2v) is 1.28. The summed E-state index contributed by atoms with van der Waals surface area (Å²) in [6.07, 6.45) is 2.13. The van der Waals surface area contributed by atoms with Crippen LogP contribution in [-0.4, -0.2) is 13.1 Å². The normalized spacial score (nSPS) is 9.00. The molecule has 0 aliphatic heterocycles. The van der Waals surface area contributed by atoms with E-state index in [1.807, 2.05) is 0 Å². The van der Waals surface area contributed by atoms with Crippen molar-refractivity contribution in [1.29, 1.82) is 0 Å². The minimum Gasteiger partial charge on any atom is -0.330 e. The number of hydrogen-bond donors (Lipinski definition) is 2. The molecule has 4 N–H and O–H groups in total. The Kier molecular flexibility index (Phi) is 4.85. The van der Waals surface area contributed by atoms with Crippen LogP contribution in [0, 0.1) is 0 Å². The Morgan fingerprint density at radius 2 is 1.33 bits per heavy atom. The third-order valence-corrected chi connectivity index (χ3v) is 0.658. The Morgan fingerprint density at radius 1 is 1.00 bits per heavy atom. The molecule has 42 valence electrons. The maximum absolute atomic E-state index is 5.16. The molecule has 0 aliphatic rings. The van der Waals surface area contributed by atoms with Crippen LogP contribution in [0.15, 0.2) is 0 Å². The quantitative estimate of drug-likeness (QED) is 0.488. The number of unbranched alkanes of at least 4 members (excludes halogenated alkanes) is 1. The maximum Gasteiger partial charge on any atom is 0 e. The lowest BCUT2D eigenvalue weighted by molar-refractivity contribution is 0.755. The van der Waals surface area contributed by atoms with E-state index in [0.29, 0.717) is 0 Å². The van der Waals surface area contributed by atoms with Crippen LogP contribution in [0.1, 0.15) is 15.7 Å². The van der Waals surface area contributed by atoms with Gasteiger partial charge in [-0.05, 0) is 25.9 Å². The van der Waals surface area contributed by atoms with E-state index in [4.69, 9.17) is 11.5 Å². The highest BCUT2D eigenvalue weighted by atomic mass is 14.5. The summed E-state index contributed by atoms with van der Waals surface area (Å²) in [5.74, 6) is 0. The van der Waals surface area contributed by atoms with Crippen molar-refractivity contribution in [1.82, 2.24) is 0 Å². The molecule has 2 nitrogen and oxygen atoms in total. The molecule has 0 bridgehead atoms. The summed E-state index contributed by atoms with van der Waals surface area (Å²) in [7, 11) is 0. The second kappa shape index (κ2) is 4.92. The average molecular weight is 92.2 g/mol. The summed E-state index contributed by atoms with van der Waals surface area (Å²) in [4.78, 5) is 0. The third kappa shape index (κ3) is 3.92. The smallest absolute Gasteiger partial charge is 0 e. The van der Waals surface area contributed by atoms with Gasteiger partial charge in [0, 0.05) is 2.85 Å². The highest BCUT2D eigenvalue weighted by molar-refractivity contribution is 4.38. The van der Waals surface area contributed by atoms with Crippen molar-refractivity contribution in [3.63, 3.8) is 0 Å². The lowest BCUT2D eigenvalue weighted by atomic mass is 10.3. The predicted molar refractivity (Wildman–Crippen MR) is 31.6 cm³/mol. The van der Waals surface area contributed by atoms with E-state index in [2.05, 4.69) is 0 Å². The molecule has 0 amide bonds. The summed E-state index contributed by atoms with van der Waals surface area (Å²) in [5.41, 5.74) is 10.3. The van der Waals surface area contributed by atoms with Crippen molar-refractivity contribution < 1.29 is 2.85 Å². The SMILES string of the molecule is NCCCCN.[HH].[HH]. The van der Waals surface area contributed by atoms with Crippen LogP contribution >= 0.6 is 0 Å². The van der Waals surface area contributed by atoms with E-state index in [-0.39, 0.29) is 2.85 Å². The zero-order valence-electron chi connectivity index (χ0n) is 3.98. The summed E-state index contributed by atoms with van der Waals surface area (Å²) >= 11 is 0. The molecule has 0 aliphatic carbocycles. The minimum atomic E-state index is 0. The zero-order valence-corrected chi connectivity index (χ0v) is 3.98. The van der Waals surface area contributed by atoms with Crippen molar-refractivity contribution >= 4 is 0 Å². The maximum atomic E-state index is 5.16. The second-order valence-electron chi connectivity index (χ2n) is 1.28. The average Bonchev–Trinajstić information content (AvgIpc) is 1.61. The number of rotatable bonds is 3. The topological polar surface area (TPSA) is 52.0 Å². The van der Waals surface area contributed by atoms with Gasteiger partial charge in [-0.2, -0.15) is 0 Å². The predicted octanol–water partition coefficient (Wildman–Crippen LogP) is 0.176. The van der Waals surface area contributed by atoms with Gasteiger partial charge in [0.2, 0.25) is 0 Å². The number of nitrogens with two attached hydrogens (primary N) is 2. The molecule has 0 aromatic rings. The molecule has 0 aromatic heterocycles. The van der Waals surface area contributed by atoms with Crippen LogP contribution in [0.2, 0.25) is 0 Å². The van der Waals surface area contributed by atoms with Crippen molar-refractivity contribution in [2.75, 3.05) is 13.1 Å². The van der Waals surface area contributed by atoms with Gasteiger partial charge in [-0.1, -0.05) is 0 Å². The van der Waals surface area contributed by atoms with Crippen LogP contribution in [0.3, 0.4) is 0 Å². The summed E-state index contributed by atoms with van der Waals surface area (Å²) in [5, 5.41) is 0.